The highest BCUT2D eigenvalue weighted by molar-refractivity contribution is 7.86. The quantitative estimate of drug-likeness (QED) is 0.538. The molecule has 0 heterocycles. The number of halogens is 1. The molecule has 0 saturated heterocycles. The molecular formula is C4H9FO2S. The van der Waals surface area contributed by atoms with Gasteiger partial charge in [-0.25, -0.2) is 0 Å². The van der Waals surface area contributed by atoms with Crippen LogP contribution in [0.4, 0.5) is 3.89 Å². The van der Waals surface area contributed by atoms with E-state index < -0.39 is 15.5 Å². The lowest BCUT2D eigenvalue weighted by molar-refractivity contribution is 0.535. The molecule has 8 heavy (non-hydrogen) atoms. The first kappa shape index (κ1) is 7.88. The summed E-state index contributed by atoms with van der Waals surface area (Å²) >= 11 is 0. The van der Waals surface area contributed by atoms with Gasteiger partial charge in [0.05, 0.1) is 5.25 Å². The van der Waals surface area contributed by atoms with Crippen molar-refractivity contribution in [3.63, 3.8) is 0 Å². The minimum absolute atomic E-state index is 0.332. The third-order valence-corrected chi connectivity index (χ3v) is 2.35. The summed E-state index contributed by atoms with van der Waals surface area (Å²) < 4.78 is 31.5. The molecule has 1 atom stereocenters. The zero-order valence-corrected chi connectivity index (χ0v) is 5.70. The molecule has 0 bridgehead atoms. The molecule has 4 heteroatoms. The zero-order chi connectivity index (χ0) is 6.78. The van der Waals surface area contributed by atoms with Gasteiger partial charge in [0.15, 0.2) is 0 Å². The highest BCUT2D eigenvalue weighted by Gasteiger charge is 2.15. The Kier molecular flexibility index (Phi) is 2.40. The predicted octanol–water partition coefficient (Wildman–Crippen LogP) is 1.08. The fourth-order valence-electron chi connectivity index (χ4n) is 0.199. The van der Waals surface area contributed by atoms with Crippen molar-refractivity contribution in [3.05, 3.63) is 0 Å². The topological polar surface area (TPSA) is 34.1 Å². The van der Waals surface area contributed by atoms with Crippen LogP contribution in [0.5, 0.6) is 0 Å². The number of hydrogen-bond acceptors (Lipinski definition) is 2. The second-order valence-corrected chi connectivity index (χ2v) is 3.45. The van der Waals surface area contributed by atoms with Crippen LogP contribution >= 0.6 is 0 Å². The van der Waals surface area contributed by atoms with Gasteiger partial charge in [-0.15, -0.1) is 3.89 Å². The molecule has 0 fully saturated rings. The van der Waals surface area contributed by atoms with Gasteiger partial charge < -0.3 is 0 Å². The van der Waals surface area contributed by atoms with Gasteiger partial charge in [-0.1, -0.05) is 6.92 Å². The Morgan fingerprint density at radius 1 is 1.62 bits per heavy atom. The van der Waals surface area contributed by atoms with E-state index in [1.165, 1.54) is 6.92 Å². The van der Waals surface area contributed by atoms with Gasteiger partial charge in [0, 0.05) is 0 Å². The van der Waals surface area contributed by atoms with Crippen LogP contribution in [0.3, 0.4) is 0 Å². The highest BCUT2D eigenvalue weighted by Crippen LogP contribution is 2.05. The van der Waals surface area contributed by atoms with Crippen molar-refractivity contribution in [1.82, 2.24) is 0 Å². The fraction of sp³-hybridized carbons (Fsp3) is 1.00. The van der Waals surface area contributed by atoms with Crippen molar-refractivity contribution >= 4 is 10.2 Å². The third-order valence-electron chi connectivity index (χ3n) is 1.06. The monoisotopic (exact) mass is 140 g/mol. The first-order valence-corrected chi connectivity index (χ1v) is 3.86. The van der Waals surface area contributed by atoms with E-state index in [9.17, 15) is 12.3 Å². The Morgan fingerprint density at radius 3 is 2.00 bits per heavy atom. The van der Waals surface area contributed by atoms with Crippen LogP contribution in [0, 0.1) is 0 Å². The maximum absolute atomic E-state index is 11.8. The van der Waals surface area contributed by atoms with Crippen LogP contribution in [0.25, 0.3) is 0 Å². The van der Waals surface area contributed by atoms with E-state index in [-0.39, 0.29) is 0 Å². The van der Waals surface area contributed by atoms with Gasteiger partial charge in [0.2, 0.25) is 0 Å². The molecule has 0 aliphatic heterocycles. The lowest BCUT2D eigenvalue weighted by atomic mass is 10.4. The lowest BCUT2D eigenvalue weighted by Crippen LogP contribution is -2.09. The molecular weight excluding hydrogens is 131 g/mol. The molecule has 0 saturated carbocycles. The summed E-state index contributed by atoms with van der Waals surface area (Å²) in [5, 5.41) is -0.845. The Morgan fingerprint density at radius 2 is 2.00 bits per heavy atom. The van der Waals surface area contributed by atoms with Crippen LogP contribution in [0.1, 0.15) is 20.3 Å². The summed E-state index contributed by atoms with van der Waals surface area (Å²) in [6, 6.07) is 0. The zero-order valence-electron chi connectivity index (χ0n) is 4.89. The molecule has 0 aliphatic carbocycles. The first-order valence-electron chi connectivity index (χ1n) is 2.42. The molecule has 50 valence electrons. The van der Waals surface area contributed by atoms with Crippen LogP contribution in [-0.4, -0.2) is 13.7 Å². The average Bonchev–Trinajstić information content (AvgIpc) is 1.62. The van der Waals surface area contributed by atoms with Crippen molar-refractivity contribution in [2.24, 2.45) is 0 Å². The molecule has 0 aromatic rings. The Bertz CT molecular complexity index is 149. The Balaban J connectivity index is 4.04. The summed E-state index contributed by atoms with van der Waals surface area (Å²) in [6.07, 6.45) is 0.332. The van der Waals surface area contributed by atoms with E-state index in [1.807, 2.05) is 0 Å². The molecule has 0 N–H and O–H groups in total. The normalized spacial score (nSPS) is 15.9. The van der Waals surface area contributed by atoms with Gasteiger partial charge >= 0.3 is 10.2 Å². The molecule has 1 unspecified atom stereocenters. The molecule has 0 amide bonds. The van der Waals surface area contributed by atoms with Crippen molar-refractivity contribution < 1.29 is 12.3 Å². The van der Waals surface area contributed by atoms with Crippen LogP contribution < -0.4 is 0 Å². The molecule has 0 radical (unpaired) electrons. The van der Waals surface area contributed by atoms with Crippen LogP contribution in [-0.2, 0) is 10.2 Å². The average molecular weight is 140 g/mol. The van der Waals surface area contributed by atoms with Gasteiger partial charge in [-0.05, 0) is 13.3 Å². The largest absolute Gasteiger partial charge is 0.305 e. The highest BCUT2D eigenvalue weighted by atomic mass is 32.3. The van der Waals surface area contributed by atoms with Crippen molar-refractivity contribution in [2.75, 3.05) is 0 Å². The third kappa shape index (κ3) is 2.26. The van der Waals surface area contributed by atoms with E-state index >= 15 is 0 Å². The molecule has 0 rings (SSSR count). The first-order chi connectivity index (χ1) is 3.48. The van der Waals surface area contributed by atoms with E-state index in [4.69, 9.17) is 0 Å². The molecule has 0 spiro atoms. The Labute approximate surface area is 48.9 Å². The molecule has 2 nitrogen and oxygen atoms in total. The van der Waals surface area contributed by atoms with Crippen molar-refractivity contribution in [2.45, 2.75) is 25.5 Å². The summed E-state index contributed by atoms with van der Waals surface area (Å²) in [6.45, 7) is 2.97. The molecule has 0 aromatic heterocycles. The van der Waals surface area contributed by atoms with Crippen LogP contribution in [0.15, 0.2) is 0 Å². The molecule has 0 aromatic carbocycles. The molecule has 0 aliphatic rings. The van der Waals surface area contributed by atoms with E-state index in [0.29, 0.717) is 6.42 Å². The van der Waals surface area contributed by atoms with Gasteiger partial charge in [-0.3, -0.25) is 0 Å². The van der Waals surface area contributed by atoms with E-state index in [2.05, 4.69) is 0 Å². The minimum atomic E-state index is -4.25. The summed E-state index contributed by atoms with van der Waals surface area (Å²) in [5.41, 5.74) is 0. The number of rotatable bonds is 2. The SMILES string of the molecule is CCC(C)S(=O)(=O)F. The van der Waals surface area contributed by atoms with Gasteiger partial charge in [-0.2, -0.15) is 8.42 Å². The van der Waals surface area contributed by atoms with E-state index in [1.54, 1.807) is 6.92 Å². The smallest absolute Gasteiger partial charge is 0.195 e. The van der Waals surface area contributed by atoms with Crippen molar-refractivity contribution in [1.29, 1.82) is 0 Å². The van der Waals surface area contributed by atoms with Crippen molar-refractivity contribution in [3.8, 4) is 0 Å². The van der Waals surface area contributed by atoms with E-state index in [0.717, 1.165) is 0 Å². The van der Waals surface area contributed by atoms with Gasteiger partial charge in [0.25, 0.3) is 0 Å². The standard InChI is InChI=1S/C4H9FO2S/c1-3-4(2)8(5,6)7/h4H,3H2,1-2H3. The summed E-state index contributed by atoms with van der Waals surface area (Å²) in [5.74, 6) is 0. The fourth-order valence-corrected chi connectivity index (χ4v) is 0.597. The maximum Gasteiger partial charge on any atom is 0.305 e. The second kappa shape index (κ2) is 2.44. The van der Waals surface area contributed by atoms with Gasteiger partial charge in [0.1, 0.15) is 0 Å². The predicted molar refractivity (Wildman–Crippen MR) is 29.8 cm³/mol. The van der Waals surface area contributed by atoms with Crippen LogP contribution in [0.2, 0.25) is 0 Å². The minimum Gasteiger partial charge on any atom is -0.195 e. The number of hydrogen-bond donors (Lipinski definition) is 0. The Hall–Kier alpha value is -0.120. The second-order valence-electron chi connectivity index (χ2n) is 1.69. The summed E-state index contributed by atoms with van der Waals surface area (Å²) in [4.78, 5) is 0. The summed E-state index contributed by atoms with van der Waals surface area (Å²) in [7, 11) is -4.25. The maximum atomic E-state index is 11.8. The lowest BCUT2D eigenvalue weighted by Gasteiger charge is -1.98.